The topological polar surface area (TPSA) is 106 Å². The van der Waals surface area contributed by atoms with Gasteiger partial charge in [0.2, 0.25) is 5.91 Å². The molecular weight excluding hydrogens is 418 g/mol. The lowest BCUT2D eigenvalue weighted by molar-refractivity contribution is -0.128. The van der Waals surface area contributed by atoms with Crippen molar-refractivity contribution < 1.29 is 19.1 Å². The summed E-state index contributed by atoms with van der Waals surface area (Å²) in [5.41, 5.74) is 7.68. The van der Waals surface area contributed by atoms with Crippen LogP contribution >= 0.6 is 0 Å². The van der Waals surface area contributed by atoms with E-state index in [1.807, 2.05) is 50.2 Å². The van der Waals surface area contributed by atoms with Gasteiger partial charge in [-0.15, -0.1) is 0 Å². The van der Waals surface area contributed by atoms with E-state index in [4.69, 9.17) is 15.2 Å². The Balaban J connectivity index is 1.76. The smallest absolute Gasteiger partial charge is 0.264 e. The number of hydrogen-bond donors (Lipinski definition) is 1. The zero-order valence-corrected chi connectivity index (χ0v) is 19.2. The van der Waals surface area contributed by atoms with Crippen molar-refractivity contribution in [1.29, 1.82) is 5.26 Å². The molecule has 2 N–H and O–H groups in total. The number of primary amides is 1. The summed E-state index contributed by atoms with van der Waals surface area (Å²) in [5.74, 6) is 0.560. The van der Waals surface area contributed by atoms with E-state index in [1.165, 1.54) is 0 Å². The van der Waals surface area contributed by atoms with E-state index in [9.17, 15) is 14.9 Å². The van der Waals surface area contributed by atoms with E-state index in [0.717, 1.165) is 11.1 Å². The average Bonchev–Trinajstić information content (AvgIpc) is 2.82. The number of allylic oxidation sites excluding steroid dienone is 1. The molecule has 1 heterocycles. The van der Waals surface area contributed by atoms with Gasteiger partial charge in [0.25, 0.3) is 5.91 Å². The van der Waals surface area contributed by atoms with Crippen molar-refractivity contribution in [3.05, 3.63) is 59.7 Å². The molecule has 1 aliphatic heterocycles. The fourth-order valence-corrected chi connectivity index (χ4v) is 3.88. The van der Waals surface area contributed by atoms with Crippen LogP contribution in [0.1, 0.15) is 37.0 Å². The third-order valence-corrected chi connectivity index (χ3v) is 5.49. The Kier molecular flexibility index (Phi) is 7.73. The van der Waals surface area contributed by atoms with E-state index in [1.54, 1.807) is 30.2 Å². The zero-order chi connectivity index (χ0) is 24.0. The van der Waals surface area contributed by atoms with E-state index in [-0.39, 0.29) is 23.5 Å². The lowest BCUT2D eigenvalue weighted by Gasteiger charge is -2.32. The van der Waals surface area contributed by atoms with E-state index in [0.29, 0.717) is 43.0 Å². The number of hydrogen-bond acceptors (Lipinski definition) is 5. The molecule has 0 radical (unpaired) electrons. The molecule has 3 rings (SSSR count). The van der Waals surface area contributed by atoms with Gasteiger partial charge in [-0.2, -0.15) is 5.26 Å². The Morgan fingerprint density at radius 3 is 2.48 bits per heavy atom. The molecule has 0 aliphatic carbocycles. The standard InChI is InChI=1S/C26H29N3O4/c1-17(2)12-20(16-27)26(31)29-10-8-21(9-11-29)33-22-14-18(13-19(15-22)25(28)30)23-6-4-5-7-24(23)32-3/h4-7,12-15,17,21H,8-11H2,1-3H3,(H2,28,30)/b20-12+. The number of benzene rings is 2. The third-order valence-electron chi connectivity index (χ3n) is 5.49. The molecule has 1 saturated heterocycles. The molecule has 7 heteroatoms. The maximum absolute atomic E-state index is 12.6. The van der Waals surface area contributed by atoms with Crippen molar-refractivity contribution in [2.75, 3.05) is 20.2 Å². The number of nitrogens with zero attached hydrogens (tertiary/aromatic N) is 2. The van der Waals surface area contributed by atoms with Gasteiger partial charge in [-0.1, -0.05) is 38.1 Å². The highest BCUT2D eigenvalue weighted by Gasteiger charge is 2.26. The number of ether oxygens (including phenoxy) is 2. The number of amides is 2. The minimum Gasteiger partial charge on any atom is -0.496 e. The molecule has 0 aromatic heterocycles. The summed E-state index contributed by atoms with van der Waals surface area (Å²) >= 11 is 0. The molecule has 0 bridgehead atoms. The molecule has 33 heavy (non-hydrogen) atoms. The van der Waals surface area contributed by atoms with Crippen LogP contribution in [0.2, 0.25) is 0 Å². The summed E-state index contributed by atoms with van der Waals surface area (Å²) in [6, 6.07) is 14.8. The molecule has 2 aromatic carbocycles. The van der Waals surface area contributed by atoms with Crippen molar-refractivity contribution in [2.24, 2.45) is 11.7 Å². The molecule has 172 valence electrons. The molecule has 0 atom stereocenters. The van der Waals surface area contributed by atoms with Crippen LogP contribution in [0.3, 0.4) is 0 Å². The Labute approximate surface area is 194 Å². The van der Waals surface area contributed by atoms with Gasteiger partial charge in [-0.25, -0.2) is 0 Å². The summed E-state index contributed by atoms with van der Waals surface area (Å²) in [7, 11) is 1.59. The second-order valence-electron chi connectivity index (χ2n) is 8.36. The summed E-state index contributed by atoms with van der Waals surface area (Å²) in [6.07, 6.45) is 2.82. The number of para-hydroxylation sites is 1. The van der Waals surface area contributed by atoms with Gasteiger partial charge >= 0.3 is 0 Å². The van der Waals surface area contributed by atoms with Crippen molar-refractivity contribution >= 4 is 11.8 Å². The molecule has 1 aliphatic rings. The van der Waals surface area contributed by atoms with E-state index >= 15 is 0 Å². The second-order valence-corrected chi connectivity index (χ2v) is 8.36. The first-order valence-corrected chi connectivity index (χ1v) is 11.0. The number of nitrogens with two attached hydrogens (primary N) is 1. The van der Waals surface area contributed by atoms with Crippen molar-refractivity contribution in [3.63, 3.8) is 0 Å². The lowest BCUT2D eigenvalue weighted by atomic mass is 10.0. The van der Waals surface area contributed by atoms with Gasteiger partial charge < -0.3 is 20.1 Å². The van der Waals surface area contributed by atoms with Gasteiger partial charge in [0.1, 0.15) is 29.2 Å². The van der Waals surface area contributed by atoms with Crippen LogP contribution in [0.25, 0.3) is 11.1 Å². The normalized spacial score (nSPS) is 14.6. The summed E-state index contributed by atoms with van der Waals surface area (Å²) < 4.78 is 11.6. The molecule has 1 fully saturated rings. The van der Waals surface area contributed by atoms with Crippen LogP contribution in [0.15, 0.2) is 54.1 Å². The van der Waals surface area contributed by atoms with Gasteiger partial charge in [0, 0.05) is 37.1 Å². The third kappa shape index (κ3) is 5.92. The SMILES string of the molecule is COc1ccccc1-c1cc(OC2CCN(C(=O)/C(C#N)=C/C(C)C)CC2)cc(C(N)=O)c1. The fourth-order valence-electron chi connectivity index (χ4n) is 3.88. The van der Waals surface area contributed by atoms with Crippen LogP contribution in [0.5, 0.6) is 11.5 Å². The first-order chi connectivity index (χ1) is 15.8. The Morgan fingerprint density at radius 2 is 1.88 bits per heavy atom. The highest BCUT2D eigenvalue weighted by molar-refractivity contribution is 5.97. The number of carbonyl (C=O) groups is 2. The number of nitriles is 1. The predicted molar refractivity (Wildman–Crippen MR) is 126 cm³/mol. The lowest BCUT2D eigenvalue weighted by Crippen LogP contribution is -2.42. The van der Waals surface area contributed by atoms with Crippen LogP contribution in [0.4, 0.5) is 0 Å². The Hall–Kier alpha value is -3.79. The zero-order valence-electron chi connectivity index (χ0n) is 19.2. The predicted octanol–water partition coefficient (Wildman–Crippen LogP) is 3.94. The first-order valence-electron chi connectivity index (χ1n) is 11.0. The monoisotopic (exact) mass is 447 g/mol. The van der Waals surface area contributed by atoms with Crippen molar-refractivity contribution in [3.8, 4) is 28.7 Å². The number of methoxy groups -OCH3 is 1. The van der Waals surface area contributed by atoms with Gasteiger partial charge in [0.05, 0.1) is 7.11 Å². The minimum absolute atomic E-state index is 0.123. The van der Waals surface area contributed by atoms with Gasteiger partial charge in [-0.05, 0) is 35.7 Å². The maximum atomic E-state index is 12.6. The molecule has 0 saturated carbocycles. The van der Waals surface area contributed by atoms with Gasteiger partial charge in [0.15, 0.2) is 0 Å². The Morgan fingerprint density at radius 1 is 1.18 bits per heavy atom. The highest BCUT2D eigenvalue weighted by atomic mass is 16.5. The van der Waals surface area contributed by atoms with E-state index < -0.39 is 5.91 Å². The van der Waals surface area contributed by atoms with Crippen molar-refractivity contribution in [2.45, 2.75) is 32.8 Å². The van der Waals surface area contributed by atoms with Crippen LogP contribution in [-0.2, 0) is 4.79 Å². The Bertz CT molecular complexity index is 1090. The summed E-state index contributed by atoms with van der Waals surface area (Å²) in [4.78, 5) is 26.3. The van der Waals surface area contributed by atoms with Crippen LogP contribution < -0.4 is 15.2 Å². The molecule has 2 aromatic rings. The quantitative estimate of drug-likeness (QED) is 0.511. The maximum Gasteiger partial charge on any atom is 0.264 e. The van der Waals surface area contributed by atoms with Crippen LogP contribution in [-0.4, -0.2) is 43.0 Å². The number of likely N-dealkylation sites (tertiary alicyclic amines) is 1. The molecule has 2 amide bonds. The van der Waals surface area contributed by atoms with Crippen LogP contribution in [0, 0.1) is 17.2 Å². The second kappa shape index (κ2) is 10.7. The highest BCUT2D eigenvalue weighted by Crippen LogP contribution is 2.33. The van der Waals surface area contributed by atoms with E-state index in [2.05, 4.69) is 0 Å². The fraction of sp³-hybridized carbons (Fsp3) is 0.346. The molecule has 0 spiro atoms. The van der Waals surface area contributed by atoms with Gasteiger partial charge in [-0.3, -0.25) is 9.59 Å². The number of carbonyl (C=O) groups excluding carboxylic acids is 2. The molecule has 0 unspecified atom stereocenters. The number of rotatable bonds is 7. The average molecular weight is 448 g/mol. The first kappa shape index (κ1) is 23.9. The summed E-state index contributed by atoms with van der Waals surface area (Å²) in [5, 5.41) is 9.31. The molecule has 7 nitrogen and oxygen atoms in total. The van der Waals surface area contributed by atoms with Crippen molar-refractivity contribution in [1.82, 2.24) is 4.90 Å². The summed E-state index contributed by atoms with van der Waals surface area (Å²) in [6.45, 7) is 4.86. The minimum atomic E-state index is -0.544. The largest absolute Gasteiger partial charge is 0.496 e. The molecular formula is C26H29N3O4. The number of piperidine rings is 1.